The Morgan fingerprint density at radius 3 is 2.43 bits per heavy atom. The molecule has 0 radical (unpaired) electrons. The summed E-state index contributed by atoms with van der Waals surface area (Å²) in [6.45, 7) is 2.13. The third-order valence-corrected chi connectivity index (χ3v) is 3.94. The van der Waals surface area contributed by atoms with E-state index in [-0.39, 0.29) is 0 Å². The molecule has 0 spiro atoms. The first kappa shape index (κ1) is 13.8. The molecular weight excluding hydrogens is 262 g/mol. The zero-order chi connectivity index (χ0) is 14.5. The van der Waals surface area contributed by atoms with Gasteiger partial charge >= 0.3 is 0 Å². The SMILES string of the molecule is O=Cc1ccc(Oc2ccccc2C2CCNCC2)cc1. The van der Waals surface area contributed by atoms with Crippen LogP contribution < -0.4 is 10.1 Å². The minimum Gasteiger partial charge on any atom is -0.457 e. The molecule has 1 aliphatic rings. The summed E-state index contributed by atoms with van der Waals surface area (Å²) in [5, 5.41) is 3.39. The number of para-hydroxylation sites is 1. The summed E-state index contributed by atoms with van der Waals surface area (Å²) < 4.78 is 6.03. The van der Waals surface area contributed by atoms with Gasteiger partial charge in [-0.15, -0.1) is 0 Å². The van der Waals surface area contributed by atoms with Crippen LogP contribution in [0.1, 0.15) is 34.7 Å². The van der Waals surface area contributed by atoms with Gasteiger partial charge in [-0.25, -0.2) is 0 Å². The van der Waals surface area contributed by atoms with Crippen LogP contribution in [-0.4, -0.2) is 19.4 Å². The van der Waals surface area contributed by atoms with E-state index in [1.54, 1.807) is 12.1 Å². The summed E-state index contributed by atoms with van der Waals surface area (Å²) in [5.41, 5.74) is 1.94. The molecule has 1 fully saturated rings. The Morgan fingerprint density at radius 2 is 1.71 bits per heavy atom. The van der Waals surface area contributed by atoms with Crippen LogP contribution in [-0.2, 0) is 0 Å². The van der Waals surface area contributed by atoms with Gasteiger partial charge in [-0.3, -0.25) is 4.79 Å². The van der Waals surface area contributed by atoms with E-state index in [9.17, 15) is 4.79 Å². The summed E-state index contributed by atoms with van der Waals surface area (Å²) in [7, 11) is 0. The van der Waals surface area contributed by atoms with E-state index in [4.69, 9.17) is 4.74 Å². The van der Waals surface area contributed by atoms with Gasteiger partial charge in [0.25, 0.3) is 0 Å². The van der Waals surface area contributed by atoms with Crippen molar-refractivity contribution >= 4 is 6.29 Å². The molecule has 1 heterocycles. The highest BCUT2D eigenvalue weighted by molar-refractivity contribution is 5.74. The number of carbonyl (C=O) groups is 1. The fourth-order valence-corrected chi connectivity index (χ4v) is 2.79. The standard InChI is InChI=1S/C18H19NO2/c20-13-14-5-7-16(8-6-14)21-18-4-2-1-3-17(18)15-9-11-19-12-10-15/h1-8,13,15,19H,9-12H2. The summed E-state index contributed by atoms with van der Waals surface area (Å²) in [6, 6.07) is 15.5. The summed E-state index contributed by atoms with van der Waals surface area (Å²) >= 11 is 0. The fraction of sp³-hybridized carbons (Fsp3) is 0.278. The number of benzene rings is 2. The Balaban J connectivity index is 1.82. The third kappa shape index (κ3) is 3.31. The van der Waals surface area contributed by atoms with Crippen molar-refractivity contribution in [1.82, 2.24) is 5.32 Å². The second kappa shape index (κ2) is 6.55. The van der Waals surface area contributed by atoms with Crippen LogP contribution in [0.5, 0.6) is 11.5 Å². The number of rotatable bonds is 4. The Labute approximate surface area is 124 Å². The molecule has 1 aliphatic heterocycles. The number of ether oxygens (including phenoxy) is 1. The van der Waals surface area contributed by atoms with Crippen LogP contribution in [0.3, 0.4) is 0 Å². The van der Waals surface area contributed by atoms with E-state index in [1.165, 1.54) is 5.56 Å². The smallest absolute Gasteiger partial charge is 0.150 e. The molecule has 0 amide bonds. The maximum absolute atomic E-state index is 10.7. The Hall–Kier alpha value is -2.13. The van der Waals surface area contributed by atoms with Gasteiger partial charge in [-0.1, -0.05) is 18.2 Å². The predicted octanol–water partition coefficient (Wildman–Crippen LogP) is 3.76. The largest absolute Gasteiger partial charge is 0.457 e. The topological polar surface area (TPSA) is 38.3 Å². The number of aldehydes is 1. The van der Waals surface area contributed by atoms with Gasteiger partial charge in [-0.2, -0.15) is 0 Å². The van der Waals surface area contributed by atoms with Crippen molar-refractivity contribution in [1.29, 1.82) is 0 Å². The lowest BCUT2D eigenvalue weighted by atomic mass is 9.89. The van der Waals surface area contributed by atoms with Crippen molar-refractivity contribution in [3.8, 4) is 11.5 Å². The normalized spacial score (nSPS) is 15.6. The molecule has 21 heavy (non-hydrogen) atoms. The quantitative estimate of drug-likeness (QED) is 0.867. The highest BCUT2D eigenvalue weighted by atomic mass is 16.5. The number of nitrogens with one attached hydrogen (secondary N) is 1. The van der Waals surface area contributed by atoms with Gasteiger partial charge in [0, 0.05) is 5.56 Å². The Kier molecular flexibility index (Phi) is 4.31. The first-order valence-electron chi connectivity index (χ1n) is 7.39. The molecule has 0 atom stereocenters. The lowest BCUT2D eigenvalue weighted by Crippen LogP contribution is -2.26. The van der Waals surface area contributed by atoms with E-state index in [2.05, 4.69) is 17.4 Å². The van der Waals surface area contributed by atoms with Gasteiger partial charge in [0.2, 0.25) is 0 Å². The molecule has 1 N–H and O–H groups in total. The molecule has 0 unspecified atom stereocenters. The zero-order valence-electron chi connectivity index (χ0n) is 11.9. The number of hydrogen-bond acceptors (Lipinski definition) is 3. The van der Waals surface area contributed by atoms with Crippen LogP contribution in [0.2, 0.25) is 0 Å². The molecule has 3 heteroatoms. The van der Waals surface area contributed by atoms with Gasteiger partial charge in [0.05, 0.1) is 0 Å². The van der Waals surface area contributed by atoms with Crippen LogP contribution in [0.15, 0.2) is 48.5 Å². The molecule has 1 saturated heterocycles. The Bertz CT molecular complexity index is 601. The van der Waals surface area contributed by atoms with Crippen LogP contribution in [0.25, 0.3) is 0 Å². The second-order valence-electron chi connectivity index (χ2n) is 5.35. The zero-order valence-corrected chi connectivity index (χ0v) is 11.9. The second-order valence-corrected chi connectivity index (χ2v) is 5.35. The maximum atomic E-state index is 10.7. The highest BCUT2D eigenvalue weighted by Gasteiger charge is 2.18. The number of carbonyl (C=O) groups excluding carboxylic acids is 1. The molecule has 0 aliphatic carbocycles. The van der Waals surface area contributed by atoms with E-state index in [0.29, 0.717) is 11.5 Å². The van der Waals surface area contributed by atoms with E-state index < -0.39 is 0 Å². The summed E-state index contributed by atoms with van der Waals surface area (Å²) in [4.78, 5) is 10.7. The molecule has 3 nitrogen and oxygen atoms in total. The van der Waals surface area contributed by atoms with E-state index in [1.807, 2.05) is 24.3 Å². The van der Waals surface area contributed by atoms with Gasteiger partial charge in [0.15, 0.2) is 0 Å². The first-order valence-corrected chi connectivity index (χ1v) is 7.39. The molecule has 108 valence electrons. The Morgan fingerprint density at radius 1 is 1.00 bits per heavy atom. The predicted molar refractivity (Wildman–Crippen MR) is 83.2 cm³/mol. The monoisotopic (exact) mass is 281 g/mol. The molecule has 3 rings (SSSR count). The van der Waals surface area contributed by atoms with Crippen molar-refractivity contribution in [3.63, 3.8) is 0 Å². The summed E-state index contributed by atoms with van der Waals surface area (Å²) in [5.74, 6) is 2.24. The lowest BCUT2D eigenvalue weighted by Gasteiger charge is -2.24. The maximum Gasteiger partial charge on any atom is 0.150 e. The average Bonchev–Trinajstić information content (AvgIpc) is 2.57. The van der Waals surface area contributed by atoms with Crippen molar-refractivity contribution in [2.24, 2.45) is 0 Å². The van der Waals surface area contributed by atoms with Crippen molar-refractivity contribution in [3.05, 3.63) is 59.7 Å². The minimum atomic E-state index is 0.552. The number of hydrogen-bond donors (Lipinski definition) is 1. The van der Waals surface area contributed by atoms with Crippen molar-refractivity contribution in [2.45, 2.75) is 18.8 Å². The van der Waals surface area contributed by atoms with Gasteiger partial charge in [-0.05, 0) is 67.7 Å². The molecule has 0 saturated carbocycles. The summed E-state index contributed by atoms with van der Waals surface area (Å²) in [6.07, 6.45) is 3.13. The molecular formula is C18H19NO2. The first-order chi connectivity index (χ1) is 10.4. The minimum absolute atomic E-state index is 0.552. The van der Waals surface area contributed by atoms with E-state index >= 15 is 0 Å². The van der Waals surface area contributed by atoms with Crippen LogP contribution in [0, 0.1) is 0 Å². The molecule has 2 aromatic rings. The molecule has 0 aromatic heterocycles. The number of piperidine rings is 1. The van der Waals surface area contributed by atoms with Gasteiger partial charge in [0.1, 0.15) is 17.8 Å². The molecule has 0 bridgehead atoms. The third-order valence-electron chi connectivity index (χ3n) is 3.94. The average molecular weight is 281 g/mol. The molecule has 2 aromatic carbocycles. The fourth-order valence-electron chi connectivity index (χ4n) is 2.79. The van der Waals surface area contributed by atoms with Crippen molar-refractivity contribution < 1.29 is 9.53 Å². The van der Waals surface area contributed by atoms with E-state index in [0.717, 1.165) is 43.7 Å². The van der Waals surface area contributed by atoms with Crippen LogP contribution >= 0.6 is 0 Å². The highest BCUT2D eigenvalue weighted by Crippen LogP contribution is 2.34. The van der Waals surface area contributed by atoms with Crippen molar-refractivity contribution in [2.75, 3.05) is 13.1 Å². The lowest BCUT2D eigenvalue weighted by molar-refractivity contribution is 0.112. The van der Waals surface area contributed by atoms with Crippen LogP contribution in [0.4, 0.5) is 0 Å². The van der Waals surface area contributed by atoms with Gasteiger partial charge < -0.3 is 10.1 Å².